The number of carbonyl (C=O) groups excluding carboxylic acids is 2. The number of nitriles is 2. The minimum Gasteiger partial charge on any atom is -0.369 e. The van der Waals surface area contributed by atoms with Crippen molar-refractivity contribution in [1.82, 2.24) is 14.8 Å². The second kappa shape index (κ2) is 14.3. The molecule has 1 aliphatic heterocycles. The number of piperazine rings is 1. The third-order valence-corrected chi connectivity index (χ3v) is 7.93. The van der Waals surface area contributed by atoms with Crippen LogP contribution in [0.25, 0.3) is 11.8 Å². The van der Waals surface area contributed by atoms with Crippen molar-refractivity contribution in [3.05, 3.63) is 73.1 Å². The fourth-order valence-electron chi connectivity index (χ4n) is 4.45. The molecule has 1 aliphatic rings. The van der Waals surface area contributed by atoms with E-state index in [4.69, 9.17) is 16.9 Å². The third-order valence-electron chi connectivity index (χ3n) is 6.55. The molecule has 13 heteroatoms. The Bertz CT molecular complexity index is 1710. The first-order valence-corrected chi connectivity index (χ1v) is 14.4. The monoisotopic (exact) mass is 604 g/mol. The van der Waals surface area contributed by atoms with Crippen LogP contribution in [-0.2, 0) is 16.1 Å². The molecule has 11 nitrogen and oxygen atoms in total. The summed E-state index contributed by atoms with van der Waals surface area (Å²) in [5.74, 6) is -0.840. The number of aromatic nitrogens is 1. The van der Waals surface area contributed by atoms with E-state index in [0.717, 1.165) is 43.2 Å². The van der Waals surface area contributed by atoms with Crippen molar-refractivity contribution in [2.24, 2.45) is 0 Å². The lowest BCUT2D eigenvalue weighted by molar-refractivity contribution is -0.117. The number of hydrogen-bond acceptors (Lipinski definition) is 9. The summed E-state index contributed by atoms with van der Waals surface area (Å²) < 4.78 is 1.84. The largest absolute Gasteiger partial charge is 0.369 e. The van der Waals surface area contributed by atoms with Crippen LogP contribution in [0.3, 0.4) is 0 Å². The molecule has 2 amide bonds. The molecule has 4 rings (SSSR count). The maximum atomic E-state index is 12.9. The smallest absolute Gasteiger partial charge is 0.270 e. The van der Waals surface area contributed by atoms with E-state index >= 15 is 0 Å². The average molecular weight is 605 g/mol. The number of nitrogens with zero attached hydrogens (tertiary/aromatic N) is 5. The van der Waals surface area contributed by atoms with E-state index in [-0.39, 0.29) is 41.3 Å². The molecule has 2 aromatic carbocycles. The molecule has 0 radical (unpaired) electrons. The Hall–Kier alpha value is -4.62. The first-order valence-electron chi connectivity index (χ1n) is 13.2. The van der Waals surface area contributed by atoms with Crippen LogP contribution in [-0.4, -0.2) is 60.5 Å². The van der Waals surface area contributed by atoms with Gasteiger partial charge in [-0.05, 0) is 49.4 Å². The van der Waals surface area contributed by atoms with Gasteiger partial charge in [0.25, 0.3) is 11.5 Å². The molecule has 0 spiro atoms. The summed E-state index contributed by atoms with van der Waals surface area (Å²) >= 11 is 6.99. The van der Waals surface area contributed by atoms with E-state index in [2.05, 4.69) is 25.8 Å². The van der Waals surface area contributed by atoms with Crippen LogP contribution in [0.2, 0.25) is 5.02 Å². The summed E-state index contributed by atoms with van der Waals surface area (Å²) in [4.78, 5) is 42.4. The molecule has 0 bridgehead atoms. The second-order valence-electron chi connectivity index (χ2n) is 9.31. The zero-order valence-electron chi connectivity index (χ0n) is 22.9. The highest BCUT2D eigenvalue weighted by molar-refractivity contribution is 7.07. The van der Waals surface area contributed by atoms with Crippen molar-refractivity contribution in [3.8, 4) is 12.1 Å². The van der Waals surface area contributed by atoms with Gasteiger partial charge in [-0.15, -0.1) is 11.3 Å². The number of hydrogen-bond donors (Lipinski definition) is 3. The number of anilines is 3. The van der Waals surface area contributed by atoms with Gasteiger partial charge in [-0.25, -0.2) is 0 Å². The fraction of sp³-hybridized carbons (Fsp3) is 0.276. The van der Waals surface area contributed by atoms with Gasteiger partial charge in [-0.1, -0.05) is 17.7 Å². The highest BCUT2D eigenvalue weighted by Crippen LogP contribution is 2.20. The lowest BCUT2D eigenvalue weighted by atomic mass is 10.2. The first-order chi connectivity index (χ1) is 20.3. The topological polar surface area (TPSA) is 146 Å². The predicted octanol–water partition coefficient (Wildman–Crippen LogP) is 1.51. The van der Waals surface area contributed by atoms with E-state index in [0.29, 0.717) is 20.9 Å². The van der Waals surface area contributed by atoms with Crippen molar-refractivity contribution < 1.29 is 9.59 Å². The quantitative estimate of drug-likeness (QED) is 0.312. The molecule has 0 aliphatic carbocycles. The Morgan fingerprint density at radius 2 is 1.79 bits per heavy atom. The summed E-state index contributed by atoms with van der Waals surface area (Å²) in [7, 11) is 0. The van der Waals surface area contributed by atoms with Gasteiger partial charge < -0.3 is 20.9 Å². The van der Waals surface area contributed by atoms with Gasteiger partial charge in [0.05, 0.1) is 12.6 Å². The standard InChI is InChI=1S/C29H29ClN8O3S/c1-2-38-28(41)25(42-29(38)24(17-32)27(40)33-11-10-31)18-34-21-4-3-5-22(16-21)35-26(39)19-36-12-14-37(15-13-36)23-8-6-20(30)7-9-23/h3-9,16,18,34H,2,11-15,19H2,1H3,(H,33,40)(H,35,39)/b25-18+,29-24-. The summed E-state index contributed by atoms with van der Waals surface area (Å²) in [6.07, 6.45) is 1.51. The van der Waals surface area contributed by atoms with Crippen LogP contribution in [0.4, 0.5) is 17.1 Å². The third kappa shape index (κ3) is 7.56. The Morgan fingerprint density at radius 3 is 2.45 bits per heavy atom. The number of nitrogens with one attached hydrogen (secondary N) is 3. The molecule has 2 heterocycles. The Kier molecular flexibility index (Phi) is 10.3. The fourth-order valence-corrected chi connectivity index (χ4v) is 5.66. The summed E-state index contributed by atoms with van der Waals surface area (Å²) in [5, 5.41) is 27.3. The molecule has 3 aromatic rings. The minimum absolute atomic E-state index is 0.126. The van der Waals surface area contributed by atoms with Gasteiger partial charge in [0.2, 0.25) is 5.91 Å². The molecule has 0 atom stereocenters. The van der Waals surface area contributed by atoms with Gasteiger partial charge in [-0.3, -0.25) is 23.9 Å². The number of benzene rings is 2. The molecule has 1 fully saturated rings. The van der Waals surface area contributed by atoms with Crippen LogP contribution >= 0.6 is 22.9 Å². The van der Waals surface area contributed by atoms with Crippen molar-refractivity contribution in [1.29, 1.82) is 10.5 Å². The predicted molar refractivity (Wildman–Crippen MR) is 164 cm³/mol. The maximum absolute atomic E-state index is 12.9. The van der Waals surface area contributed by atoms with Gasteiger partial charge in [-0.2, -0.15) is 10.5 Å². The number of thiazole rings is 1. The van der Waals surface area contributed by atoms with E-state index in [1.807, 2.05) is 30.3 Å². The van der Waals surface area contributed by atoms with Gasteiger partial charge in [0.15, 0.2) is 5.57 Å². The zero-order chi connectivity index (χ0) is 30.1. The van der Waals surface area contributed by atoms with Crippen LogP contribution in [0.1, 0.15) is 6.92 Å². The lowest BCUT2D eigenvalue weighted by Crippen LogP contribution is -2.48. The summed E-state index contributed by atoms with van der Waals surface area (Å²) in [6, 6.07) is 18.5. The van der Waals surface area contributed by atoms with Crippen molar-refractivity contribution >= 4 is 63.6 Å². The van der Waals surface area contributed by atoms with Crippen LogP contribution < -0.4 is 35.6 Å². The van der Waals surface area contributed by atoms with Gasteiger partial charge in [0, 0.05) is 61.0 Å². The average Bonchev–Trinajstić information content (AvgIpc) is 3.30. The maximum Gasteiger partial charge on any atom is 0.270 e. The Balaban J connectivity index is 1.40. The van der Waals surface area contributed by atoms with Gasteiger partial charge in [0.1, 0.15) is 21.8 Å². The molecule has 1 saturated heterocycles. The van der Waals surface area contributed by atoms with Crippen molar-refractivity contribution in [3.63, 3.8) is 0 Å². The molecule has 0 unspecified atom stereocenters. The summed E-state index contributed by atoms with van der Waals surface area (Å²) in [5.41, 5.74) is 1.77. The summed E-state index contributed by atoms with van der Waals surface area (Å²) in [6.45, 7) is 5.16. The Labute approximate surface area is 251 Å². The van der Waals surface area contributed by atoms with Crippen LogP contribution in [0.5, 0.6) is 0 Å². The van der Waals surface area contributed by atoms with E-state index in [1.54, 1.807) is 37.3 Å². The van der Waals surface area contributed by atoms with Crippen molar-refractivity contribution in [2.45, 2.75) is 13.5 Å². The molecular weight excluding hydrogens is 576 g/mol. The number of carbonyl (C=O) groups is 2. The van der Waals surface area contributed by atoms with E-state index in [9.17, 15) is 19.6 Å². The van der Waals surface area contributed by atoms with E-state index < -0.39 is 5.91 Å². The number of rotatable bonds is 9. The number of amides is 2. The lowest BCUT2D eigenvalue weighted by Gasteiger charge is -2.35. The van der Waals surface area contributed by atoms with Gasteiger partial charge >= 0.3 is 0 Å². The molecule has 1 aromatic heterocycles. The minimum atomic E-state index is -0.714. The normalized spacial score (nSPS) is 14.5. The number of halogens is 1. The van der Waals surface area contributed by atoms with Crippen molar-refractivity contribution in [2.75, 3.05) is 54.8 Å². The molecule has 0 saturated carbocycles. The second-order valence-corrected chi connectivity index (χ2v) is 10.8. The zero-order valence-corrected chi connectivity index (χ0v) is 24.5. The highest BCUT2D eigenvalue weighted by Gasteiger charge is 2.19. The highest BCUT2D eigenvalue weighted by atomic mass is 35.5. The first kappa shape index (κ1) is 30.3. The van der Waals surface area contributed by atoms with Crippen LogP contribution in [0.15, 0.2) is 53.3 Å². The van der Waals surface area contributed by atoms with Crippen LogP contribution in [0, 0.1) is 22.7 Å². The molecule has 42 heavy (non-hydrogen) atoms. The molecular formula is C29H29ClN8O3S. The Morgan fingerprint density at radius 1 is 1.07 bits per heavy atom. The molecule has 216 valence electrons. The molecule has 3 N–H and O–H groups in total. The SMILES string of the molecule is CCn1c(=O)/c(=C\Nc2cccc(NC(=O)CN3CCN(c4ccc(Cl)cc4)CC3)c2)s/c1=C(/C#N)C(=O)NCC#N. The van der Waals surface area contributed by atoms with E-state index in [1.165, 1.54) is 10.8 Å².